The summed E-state index contributed by atoms with van der Waals surface area (Å²) in [6.07, 6.45) is 0. The Kier molecular flexibility index (Phi) is 4.02. The highest BCUT2D eigenvalue weighted by atomic mass is 16.5. The van der Waals surface area contributed by atoms with Crippen molar-refractivity contribution in [1.82, 2.24) is 0 Å². The van der Waals surface area contributed by atoms with E-state index < -0.39 is 0 Å². The van der Waals surface area contributed by atoms with Crippen LogP contribution in [0.1, 0.15) is 21.5 Å². The van der Waals surface area contributed by atoms with Crippen molar-refractivity contribution in [2.45, 2.75) is 0 Å². The van der Waals surface area contributed by atoms with Crippen molar-refractivity contribution in [2.24, 2.45) is 0 Å². The molecular formula is C16H13NO3. The van der Waals surface area contributed by atoms with Gasteiger partial charge in [-0.15, -0.1) is 0 Å². The molecule has 0 unspecified atom stereocenters. The third-order valence-corrected chi connectivity index (χ3v) is 2.93. The number of rotatable bonds is 4. The van der Waals surface area contributed by atoms with E-state index >= 15 is 0 Å². The lowest BCUT2D eigenvalue weighted by molar-refractivity contribution is 0.103. The normalized spacial score (nSPS) is 9.65. The van der Waals surface area contributed by atoms with Gasteiger partial charge in [0.1, 0.15) is 11.5 Å². The fraction of sp³-hybridized carbons (Fsp3) is 0.125. The number of benzene rings is 2. The van der Waals surface area contributed by atoms with Crippen LogP contribution in [0, 0.1) is 11.3 Å². The summed E-state index contributed by atoms with van der Waals surface area (Å²) in [7, 11) is 3.06. The predicted molar refractivity (Wildman–Crippen MR) is 74.1 cm³/mol. The Bertz CT molecular complexity index is 669. The zero-order valence-electron chi connectivity index (χ0n) is 11.2. The molecule has 2 rings (SSSR count). The van der Waals surface area contributed by atoms with Crippen LogP contribution in [0.15, 0.2) is 42.5 Å². The van der Waals surface area contributed by atoms with E-state index in [2.05, 4.69) is 0 Å². The maximum absolute atomic E-state index is 12.4. The number of nitrogens with zero attached hydrogens (tertiary/aromatic N) is 1. The molecule has 0 atom stereocenters. The highest BCUT2D eigenvalue weighted by Crippen LogP contribution is 2.26. The minimum Gasteiger partial charge on any atom is -0.497 e. The summed E-state index contributed by atoms with van der Waals surface area (Å²) in [5, 5.41) is 8.76. The molecule has 0 aliphatic carbocycles. The van der Waals surface area contributed by atoms with E-state index in [9.17, 15) is 4.79 Å². The molecule has 4 heteroatoms. The number of ether oxygens (including phenoxy) is 2. The van der Waals surface area contributed by atoms with Gasteiger partial charge >= 0.3 is 0 Å². The highest BCUT2D eigenvalue weighted by molar-refractivity contribution is 6.10. The largest absolute Gasteiger partial charge is 0.497 e. The second kappa shape index (κ2) is 5.89. The van der Waals surface area contributed by atoms with Crippen LogP contribution in [0.2, 0.25) is 0 Å². The minimum absolute atomic E-state index is 0.158. The van der Waals surface area contributed by atoms with E-state index in [1.54, 1.807) is 49.6 Å². The molecule has 0 N–H and O–H groups in total. The van der Waals surface area contributed by atoms with Gasteiger partial charge in [-0.1, -0.05) is 0 Å². The zero-order chi connectivity index (χ0) is 14.5. The van der Waals surface area contributed by atoms with E-state index in [0.29, 0.717) is 28.2 Å². The number of carbonyl (C=O) groups is 1. The summed E-state index contributed by atoms with van der Waals surface area (Å²) in [6.45, 7) is 0. The third kappa shape index (κ3) is 2.62. The van der Waals surface area contributed by atoms with Gasteiger partial charge in [0.25, 0.3) is 0 Å². The first-order valence-electron chi connectivity index (χ1n) is 5.96. The van der Waals surface area contributed by atoms with Crippen LogP contribution in [-0.4, -0.2) is 20.0 Å². The van der Waals surface area contributed by atoms with Gasteiger partial charge in [-0.3, -0.25) is 4.79 Å². The minimum atomic E-state index is -0.158. The fourth-order valence-electron chi connectivity index (χ4n) is 1.84. The van der Waals surface area contributed by atoms with E-state index in [1.165, 1.54) is 7.11 Å². The van der Waals surface area contributed by atoms with Gasteiger partial charge in [0.05, 0.1) is 31.4 Å². The number of hydrogen-bond donors (Lipinski definition) is 0. The van der Waals surface area contributed by atoms with Crippen molar-refractivity contribution >= 4 is 5.78 Å². The number of nitriles is 1. The molecule has 100 valence electrons. The SMILES string of the molecule is COc1ccc(C(=O)c2ccc(C#N)cc2)c(OC)c1. The number of ketones is 1. The van der Waals surface area contributed by atoms with Crippen molar-refractivity contribution < 1.29 is 14.3 Å². The Labute approximate surface area is 117 Å². The number of carbonyl (C=O) groups excluding carboxylic acids is 1. The molecule has 4 nitrogen and oxygen atoms in total. The van der Waals surface area contributed by atoms with Crippen molar-refractivity contribution in [1.29, 1.82) is 5.26 Å². The van der Waals surface area contributed by atoms with Crippen molar-refractivity contribution in [3.05, 3.63) is 59.2 Å². The second-order valence-corrected chi connectivity index (χ2v) is 4.08. The smallest absolute Gasteiger partial charge is 0.196 e. The van der Waals surface area contributed by atoms with Gasteiger partial charge in [-0.05, 0) is 36.4 Å². The Morgan fingerprint density at radius 2 is 1.75 bits per heavy atom. The second-order valence-electron chi connectivity index (χ2n) is 4.08. The quantitative estimate of drug-likeness (QED) is 0.799. The first-order chi connectivity index (χ1) is 9.69. The summed E-state index contributed by atoms with van der Waals surface area (Å²) < 4.78 is 10.3. The van der Waals surface area contributed by atoms with Crippen LogP contribution in [0.3, 0.4) is 0 Å². The van der Waals surface area contributed by atoms with Crippen LogP contribution in [0.25, 0.3) is 0 Å². The van der Waals surface area contributed by atoms with Crippen molar-refractivity contribution in [2.75, 3.05) is 14.2 Å². The average molecular weight is 267 g/mol. The molecule has 0 aliphatic rings. The average Bonchev–Trinajstić information content (AvgIpc) is 2.53. The van der Waals surface area contributed by atoms with Gasteiger partial charge in [0.15, 0.2) is 5.78 Å². The number of methoxy groups -OCH3 is 2. The molecule has 0 heterocycles. The first-order valence-corrected chi connectivity index (χ1v) is 5.96. The van der Waals surface area contributed by atoms with Crippen molar-refractivity contribution in [3.63, 3.8) is 0 Å². The highest BCUT2D eigenvalue weighted by Gasteiger charge is 2.15. The maximum Gasteiger partial charge on any atom is 0.196 e. The molecular weight excluding hydrogens is 254 g/mol. The van der Waals surface area contributed by atoms with Crippen LogP contribution in [-0.2, 0) is 0 Å². The molecule has 2 aromatic rings. The Morgan fingerprint density at radius 1 is 1.05 bits per heavy atom. The summed E-state index contributed by atoms with van der Waals surface area (Å²) >= 11 is 0. The number of hydrogen-bond acceptors (Lipinski definition) is 4. The van der Waals surface area contributed by atoms with E-state index in [-0.39, 0.29) is 5.78 Å². The van der Waals surface area contributed by atoms with Crippen LogP contribution < -0.4 is 9.47 Å². The standard InChI is InChI=1S/C16H13NO3/c1-19-13-7-8-14(15(9-13)20-2)16(18)12-5-3-11(10-17)4-6-12/h3-9H,1-2H3. The van der Waals surface area contributed by atoms with E-state index in [0.717, 1.165) is 0 Å². The predicted octanol–water partition coefficient (Wildman–Crippen LogP) is 2.81. The Hall–Kier alpha value is -2.80. The molecule has 0 fully saturated rings. The van der Waals surface area contributed by atoms with Crippen molar-refractivity contribution in [3.8, 4) is 17.6 Å². The van der Waals surface area contributed by atoms with Gasteiger partial charge in [0, 0.05) is 11.6 Å². The molecule has 0 spiro atoms. The summed E-state index contributed by atoms with van der Waals surface area (Å²) in [5.74, 6) is 0.922. The lowest BCUT2D eigenvalue weighted by Crippen LogP contribution is -2.04. The van der Waals surface area contributed by atoms with Gasteiger partial charge in [-0.25, -0.2) is 0 Å². The molecule has 0 saturated carbocycles. The Balaban J connectivity index is 2.39. The van der Waals surface area contributed by atoms with Crippen LogP contribution >= 0.6 is 0 Å². The van der Waals surface area contributed by atoms with Gasteiger partial charge in [0.2, 0.25) is 0 Å². The monoisotopic (exact) mass is 267 g/mol. The molecule has 0 aliphatic heterocycles. The maximum atomic E-state index is 12.4. The Morgan fingerprint density at radius 3 is 2.30 bits per heavy atom. The fourth-order valence-corrected chi connectivity index (χ4v) is 1.84. The van der Waals surface area contributed by atoms with Crippen LogP contribution in [0.4, 0.5) is 0 Å². The van der Waals surface area contributed by atoms with E-state index in [4.69, 9.17) is 14.7 Å². The molecule has 0 aromatic heterocycles. The van der Waals surface area contributed by atoms with Crippen LogP contribution in [0.5, 0.6) is 11.5 Å². The summed E-state index contributed by atoms with van der Waals surface area (Å²) in [6, 6.07) is 13.5. The zero-order valence-corrected chi connectivity index (χ0v) is 11.2. The molecule has 0 bridgehead atoms. The molecule has 0 saturated heterocycles. The molecule has 2 aromatic carbocycles. The molecule has 0 radical (unpaired) electrons. The molecule has 0 amide bonds. The van der Waals surface area contributed by atoms with E-state index in [1.807, 2.05) is 6.07 Å². The topological polar surface area (TPSA) is 59.3 Å². The van der Waals surface area contributed by atoms with Gasteiger partial charge in [-0.2, -0.15) is 5.26 Å². The summed E-state index contributed by atoms with van der Waals surface area (Å²) in [5.41, 5.74) is 1.48. The third-order valence-electron chi connectivity index (χ3n) is 2.93. The molecule has 20 heavy (non-hydrogen) atoms. The lowest BCUT2D eigenvalue weighted by Gasteiger charge is -2.09. The lowest BCUT2D eigenvalue weighted by atomic mass is 10.0. The first kappa shape index (κ1) is 13.6. The summed E-state index contributed by atoms with van der Waals surface area (Å²) in [4.78, 5) is 12.4. The van der Waals surface area contributed by atoms with Gasteiger partial charge < -0.3 is 9.47 Å².